The molecule has 3 atom stereocenters. The summed E-state index contributed by atoms with van der Waals surface area (Å²) in [5.41, 5.74) is 4.31. The summed E-state index contributed by atoms with van der Waals surface area (Å²) in [6, 6.07) is 1.62. The summed E-state index contributed by atoms with van der Waals surface area (Å²) >= 11 is 0. The number of hydrogen-bond donors (Lipinski definition) is 0. The molecule has 1 saturated carbocycles. The molecule has 3 rings (SSSR count). The molecule has 0 aromatic heterocycles. The Morgan fingerprint density at radius 3 is 2.14 bits per heavy atom. The molecule has 3 aliphatic rings. The van der Waals surface area contributed by atoms with Crippen LogP contribution in [-0.4, -0.2) is 23.5 Å². The van der Waals surface area contributed by atoms with E-state index in [0.29, 0.717) is 5.41 Å². The van der Waals surface area contributed by atoms with E-state index < -0.39 is 0 Å². The van der Waals surface area contributed by atoms with Crippen molar-refractivity contribution in [2.45, 2.75) is 85.7 Å². The van der Waals surface area contributed by atoms with Gasteiger partial charge in [-0.25, -0.2) is 0 Å². The van der Waals surface area contributed by atoms with Crippen LogP contribution in [0.4, 0.5) is 0 Å². The van der Waals surface area contributed by atoms with E-state index in [9.17, 15) is 0 Å². The van der Waals surface area contributed by atoms with E-state index in [1.54, 1.807) is 0 Å². The molecule has 2 fully saturated rings. The zero-order valence-electron chi connectivity index (χ0n) is 15.1. The Morgan fingerprint density at radius 2 is 1.67 bits per heavy atom. The topological polar surface area (TPSA) is 3.24 Å². The second-order valence-electron chi connectivity index (χ2n) is 8.74. The Hall–Kier alpha value is -0.300. The van der Waals surface area contributed by atoms with Crippen molar-refractivity contribution >= 4 is 0 Å². The Morgan fingerprint density at radius 1 is 0.952 bits per heavy atom. The van der Waals surface area contributed by atoms with Crippen LogP contribution >= 0.6 is 0 Å². The van der Waals surface area contributed by atoms with Crippen molar-refractivity contribution in [3.8, 4) is 0 Å². The Bertz CT molecular complexity index is 431. The highest BCUT2D eigenvalue weighted by molar-refractivity contribution is 5.34. The molecule has 0 aromatic rings. The van der Waals surface area contributed by atoms with Crippen molar-refractivity contribution in [2.75, 3.05) is 6.54 Å². The zero-order valence-corrected chi connectivity index (χ0v) is 15.1. The molecule has 1 saturated heterocycles. The minimum Gasteiger partial charge on any atom is -0.298 e. The Kier molecular flexibility index (Phi) is 4.01. The van der Waals surface area contributed by atoms with Crippen molar-refractivity contribution in [1.29, 1.82) is 0 Å². The van der Waals surface area contributed by atoms with Gasteiger partial charge in [-0.15, -0.1) is 0 Å². The third-order valence-corrected chi connectivity index (χ3v) is 6.85. The van der Waals surface area contributed by atoms with Crippen molar-refractivity contribution in [2.24, 2.45) is 23.2 Å². The molecule has 1 heterocycles. The molecule has 0 amide bonds. The number of hydrogen-bond acceptors (Lipinski definition) is 1. The first kappa shape index (κ1) is 15.6. The lowest BCUT2D eigenvalue weighted by Crippen LogP contribution is -2.61. The number of nitrogens with zero attached hydrogens (tertiary/aromatic N) is 1. The predicted octanol–water partition coefficient (Wildman–Crippen LogP) is 5.27. The van der Waals surface area contributed by atoms with Gasteiger partial charge in [-0.3, -0.25) is 4.90 Å². The van der Waals surface area contributed by atoms with Gasteiger partial charge in [-0.1, -0.05) is 38.8 Å². The van der Waals surface area contributed by atoms with Crippen LogP contribution in [-0.2, 0) is 0 Å². The second kappa shape index (κ2) is 5.41. The number of fused-ring (bicyclic) bond motifs is 2. The molecule has 1 heteroatoms. The quantitative estimate of drug-likeness (QED) is 0.640. The van der Waals surface area contributed by atoms with Gasteiger partial charge < -0.3 is 0 Å². The molecular weight excluding hydrogens is 254 g/mol. The van der Waals surface area contributed by atoms with E-state index in [1.807, 2.05) is 11.1 Å². The molecule has 1 spiro atoms. The van der Waals surface area contributed by atoms with Gasteiger partial charge in [0.05, 0.1) is 0 Å². The highest BCUT2D eigenvalue weighted by atomic mass is 15.2. The SMILES string of the molecule is CC(C)C1=C(C(C)C)C2(CC1)CCN(C(C)C)[C@@H]1CC[C@@H]12. The first-order valence-electron chi connectivity index (χ1n) is 9.37. The lowest BCUT2D eigenvalue weighted by molar-refractivity contribution is -0.0767. The summed E-state index contributed by atoms with van der Waals surface area (Å²) in [7, 11) is 0. The predicted molar refractivity (Wildman–Crippen MR) is 91.3 cm³/mol. The molecule has 120 valence electrons. The van der Waals surface area contributed by atoms with Crippen LogP contribution in [0.2, 0.25) is 0 Å². The molecule has 0 bridgehead atoms. The standard InChI is InChI=1S/C20H35N/c1-13(2)16-9-10-20(19(16)14(3)4)11-12-21(15(5)6)18-8-7-17(18)20/h13-15,17-18H,7-12H2,1-6H3/t17-,18+,20?/m0/s1. The Labute approximate surface area is 132 Å². The monoisotopic (exact) mass is 289 g/mol. The van der Waals surface area contributed by atoms with E-state index >= 15 is 0 Å². The number of rotatable bonds is 3. The maximum Gasteiger partial charge on any atom is 0.0135 e. The van der Waals surface area contributed by atoms with Crippen molar-refractivity contribution < 1.29 is 0 Å². The highest BCUT2D eigenvalue weighted by Crippen LogP contribution is 2.62. The van der Waals surface area contributed by atoms with Crippen LogP contribution in [0.15, 0.2) is 11.1 Å². The molecule has 0 aromatic carbocycles. The summed E-state index contributed by atoms with van der Waals surface area (Å²) in [4.78, 5) is 2.81. The second-order valence-corrected chi connectivity index (χ2v) is 8.74. The van der Waals surface area contributed by atoms with Gasteiger partial charge >= 0.3 is 0 Å². The molecule has 1 nitrogen and oxygen atoms in total. The van der Waals surface area contributed by atoms with Crippen molar-refractivity contribution in [3.63, 3.8) is 0 Å². The minimum absolute atomic E-state index is 0.585. The summed E-state index contributed by atoms with van der Waals surface area (Å²) in [5, 5.41) is 0. The van der Waals surface area contributed by atoms with Crippen LogP contribution in [0.5, 0.6) is 0 Å². The normalized spacial score (nSPS) is 37.0. The summed E-state index contributed by atoms with van der Waals surface area (Å²) in [6.45, 7) is 15.8. The summed E-state index contributed by atoms with van der Waals surface area (Å²) < 4.78 is 0. The van der Waals surface area contributed by atoms with Gasteiger partial charge in [-0.2, -0.15) is 0 Å². The highest BCUT2D eigenvalue weighted by Gasteiger charge is 2.57. The molecular formula is C20H35N. The molecule has 21 heavy (non-hydrogen) atoms. The maximum atomic E-state index is 2.81. The fourth-order valence-electron chi connectivity index (χ4n) is 5.98. The number of allylic oxidation sites excluding steroid dienone is 2. The van der Waals surface area contributed by atoms with Gasteiger partial charge in [0.15, 0.2) is 0 Å². The summed E-state index contributed by atoms with van der Waals surface area (Å²) in [6.07, 6.45) is 7.20. The van der Waals surface area contributed by atoms with Gasteiger partial charge in [0.2, 0.25) is 0 Å². The maximum absolute atomic E-state index is 2.81. The zero-order chi connectivity index (χ0) is 15.4. The first-order valence-corrected chi connectivity index (χ1v) is 9.37. The fourth-order valence-corrected chi connectivity index (χ4v) is 5.98. The van der Waals surface area contributed by atoms with E-state index in [4.69, 9.17) is 0 Å². The molecule has 0 N–H and O–H groups in total. The molecule has 0 radical (unpaired) electrons. The van der Waals surface area contributed by atoms with Crippen LogP contribution in [0.25, 0.3) is 0 Å². The van der Waals surface area contributed by atoms with Gasteiger partial charge in [0, 0.05) is 12.1 Å². The third-order valence-electron chi connectivity index (χ3n) is 6.85. The van der Waals surface area contributed by atoms with Gasteiger partial charge in [0.1, 0.15) is 0 Å². The van der Waals surface area contributed by atoms with E-state index in [1.165, 1.54) is 38.6 Å². The van der Waals surface area contributed by atoms with Crippen LogP contribution in [0.3, 0.4) is 0 Å². The minimum atomic E-state index is 0.585. The molecule has 1 unspecified atom stereocenters. The van der Waals surface area contributed by atoms with Crippen molar-refractivity contribution in [1.82, 2.24) is 4.90 Å². The first-order chi connectivity index (χ1) is 9.88. The van der Waals surface area contributed by atoms with E-state index in [2.05, 4.69) is 46.4 Å². The third kappa shape index (κ3) is 2.22. The van der Waals surface area contributed by atoms with Gasteiger partial charge in [-0.05, 0) is 75.7 Å². The van der Waals surface area contributed by atoms with Gasteiger partial charge in [0.25, 0.3) is 0 Å². The van der Waals surface area contributed by atoms with Crippen molar-refractivity contribution in [3.05, 3.63) is 11.1 Å². The number of likely N-dealkylation sites (tertiary alicyclic amines) is 1. The van der Waals surface area contributed by atoms with Crippen LogP contribution < -0.4 is 0 Å². The summed E-state index contributed by atoms with van der Waals surface area (Å²) in [5.74, 6) is 2.46. The average Bonchev–Trinajstić information content (AvgIpc) is 2.71. The van der Waals surface area contributed by atoms with E-state index in [-0.39, 0.29) is 0 Å². The fraction of sp³-hybridized carbons (Fsp3) is 0.900. The smallest absolute Gasteiger partial charge is 0.0135 e. The van der Waals surface area contributed by atoms with E-state index in [0.717, 1.165) is 29.8 Å². The van der Waals surface area contributed by atoms with Crippen LogP contribution in [0.1, 0.15) is 73.6 Å². The lowest BCUT2D eigenvalue weighted by atomic mass is 9.54. The average molecular weight is 290 g/mol. The largest absolute Gasteiger partial charge is 0.298 e. The molecule has 2 aliphatic carbocycles. The molecule has 1 aliphatic heterocycles. The van der Waals surface area contributed by atoms with Crippen LogP contribution in [0, 0.1) is 23.2 Å². The Balaban J connectivity index is 1.95. The number of piperidine rings is 1. The lowest BCUT2D eigenvalue weighted by Gasteiger charge is -2.60.